The molecule has 0 spiro atoms. The Bertz CT molecular complexity index is 723. The number of anilines is 1. The van der Waals surface area contributed by atoms with Gasteiger partial charge in [0, 0.05) is 19.1 Å². The number of nitrogens with zero attached hydrogens (tertiary/aromatic N) is 2. The SMILES string of the molecule is C[C@@H]1CCCC[C@@H]1NC(=S)N1C[C@H](C(=O)N2CCOCC2)Oc2ccccc21. The average molecular weight is 404 g/mol. The maximum absolute atomic E-state index is 13.0. The van der Waals surface area contributed by atoms with Gasteiger partial charge in [-0.2, -0.15) is 0 Å². The normalized spacial score (nSPS) is 27.5. The van der Waals surface area contributed by atoms with Gasteiger partial charge in [0.25, 0.3) is 5.91 Å². The first-order valence-electron chi connectivity index (χ1n) is 10.3. The van der Waals surface area contributed by atoms with Crippen LogP contribution in [0, 0.1) is 5.92 Å². The lowest BCUT2D eigenvalue weighted by atomic mass is 9.86. The molecule has 1 aromatic rings. The molecule has 6 nitrogen and oxygen atoms in total. The molecule has 1 saturated carbocycles. The third-order valence-electron chi connectivity index (χ3n) is 6.04. The summed E-state index contributed by atoms with van der Waals surface area (Å²) in [6.07, 6.45) is 4.35. The topological polar surface area (TPSA) is 54.0 Å². The molecule has 4 rings (SSSR count). The highest BCUT2D eigenvalue weighted by molar-refractivity contribution is 7.80. The smallest absolute Gasteiger partial charge is 0.265 e. The quantitative estimate of drug-likeness (QED) is 0.766. The number of para-hydroxylation sites is 2. The van der Waals surface area contributed by atoms with E-state index >= 15 is 0 Å². The van der Waals surface area contributed by atoms with Crippen LogP contribution in [0.5, 0.6) is 5.75 Å². The van der Waals surface area contributed by atoms with Crippen molar-refractivity contribution in [3.63, 3.8) is 0 Å². The monoisotopic (exact) mass is 403 g/mol. The van der Waals surface area contributed by atoms with E-state index in [0.717, 1.165) is 12.1 Å². The third kappa shape index (κ3) is 4.10. The molecule has 1 aromatic carbocycles. The van der Waals surface area contributed by atoms with Gasteiger partial charge in [-0.3, -0.25) is 4.79 Å². The van der Waals surface area contributed by atoms with Crippen LogP contribution in [0.15, 0.2) is 24.3 Å². The summed E-state index contributed by atoms with van der Waals surface area (Å²) < 4.78 is 11.4. The van der Waals surface area contributed by atoms with Gasteiger partial charge in [0.1, 0.15) is 5.75 Å². The molecule has 7 heteroatoms. The second-order valence-electron chi connectivity index (χ2n) is 7.94. The standard InChI is InChI=1S/C21H29N3O3S/c1-15-6-2-3-7-16(15)22-21(28)24-14-19(20(25)23-10-12-26-13-11-23)27-18-9-5-4-8-17(18)24/h4-5,8-9,15-16,19H,2-3,6-7,10-14H2,1H3,(H,22,28)/t15-,16+,19-/m1/s1. The van der Waals surface area contributed by atoms with Gasteiger partial charge in [-0.15, -0.1) is 0 Å². The zero-order chi connectivity index (χ0) is 19.5. The first kappa shape index (κ1) is 19.5. The van der Waals surface area contributed by atoms with E-state index in [1.54, 1.807) is 0 Å². The largest absolute Gasteiger partial charge is 0.476 e. The van der Waals surface area contributed by atoms with E-state index in [1.165, 1.54) is 19.3 Å². The van der Waals surface area contributed by atoms with Crippen molar-refractivity contribution in [2.24, 2.45) is 5.92 Å². The average Bonchev–Trinajstić information content (AvgIpc) is 2.74. The van der Waals surface area contributed by atoms with Crippen LogP contribution in [0.25, 0.3) is 0 Å². The molecule has 2 aliphatic heterocycles. The number of carbonyl (C=O) groups is 1. The number of thiocarbonyl (C=S) groups is 1. The fraction of sp³-hybridized carbons (Fsp3) is 0.619. The number of fused-ring (bicyclic) bond motifs is 1. The van der Waals surface area contributed by atoms with Crippen LogP contribution < -0.4 is 15.0 Å². The Morgan fingerprint density at radius 1 is 1.18 bits per heavy atom. The number of benzene rings is 1. The second-order valence-corrected chi connectivity index (χ2v) is 8.33. The zero-order valence-electron chi connectivity index (χ0n) is 16.4. The molecule has 1 aliphatic carbocycles. The van der Waals surface area contributed by atoms with Gasteiger partial charge in [-0.1, -0.05) is 31.9 Å². The molecule has 1 saturated heterocycles. The molecule has 28 heavy (non-hydrogen) atoms. The minimum Gasteiger partial charge on any atom is -0.476 e. The number of morpholine rings is 1. The van der Waals surface area contributed by atoms with E-state index < -0.39 is 6.10 Å². The molecular weight excluding hydrogens is 374 g/mol. The maximum atomic E-state index is 13.0. The number of rotatable bonds is 2. The van der Waals surface area contributed by atoms with Crippen LogP contribution >= 0.6 is 12.2 Å². The van der Waals surface area contributed by atoms with Gasteiger partial charge >= 0.3 is 0 Å². The van der Waals surface area contributed by atoms with Crippen molar-refractivity contribution in [2.45, 2.75) is 44.8 Å². The van der Waals surface area contributed by atoms with Gasteiger partial charge in [-0.25, -0.2) is 0 Å². The van der Waals surface area contributed by atoms with Crippen LogP contribution in [0.3, 0.4) is 0 Å². The van der Waals surface area contributed by atoms with E-state index in [9.17, 15) is 4.79 Å². The van der Waals surface area contributed by atoms with Crippen LogP contribution in [-0.4, -0.2) is 60.9 Å². The summed E-state index contributed by atoms with van der Waals surface area (Å²) in [6.45, 7) is 5.11. The fourth-order valence-corrected chi connectivity index (χ4v) is 4.63. The van der Waals surface area contributed by atoms with E-state index in [4.69, 9.17) is 21.7 Å². The van der Waals surface area contributed by atoms with Gasteiger partial charge in [-0.05, 0) is 43.1 Å². The number of ether oxygens (including phenoxy) is 2. The number of carbonyl (C=O) groups excluding carboxylic acids is 1. The van der Waals surface area contributed by atoms with Crippen molar-refractivity contribution in [1.29, 1.82) is 0 Å². The van der Waals surface area contributed by atoms with Crippen molar-refractivity contribution in [2.75, 3.05) is 37.7 Å². The Balaban J connectivity index is 1.51. The third-order valence-corrected chi connectivity index (χ3v) is 6.38. The Morgan fingerprint density at radius 3 is 2.71 bits per heavy atom. The van der Waals surface area contributed by atoms with Gasteiger partial charge in [0.2, 0.25) is 0 Å². The minimum absolute atomic E-state index is 0.0108. The molecule has 0 unspecified atom stereocenters. The number of nitrogens with one attached hydrogen (secondary N) is 1. The van der Waals surface area contributed by atoms with Crippen molar-refractivity contribution in [1.82, 2.24) is 10.2 Å². The summed E-state index contributed by atoms with van der Waals surface area (Å²) in [5, 5.41) is 4.26. The Labute approximate surface area is 172 Å². The molecule has 2 fully saturated rings. The lowest BCUT2D eigenvalue weighted by Gasteiger charge is -2.40. The zero-order valence-corrected chi connectivity index (χ0v) is 17.2. The van der Waals surface area contributed by atoms with E-state index in [1.807, 2.05) is 34.1 Å². The molecule has 3 atom stereocenters. The molecule has 1 N–H and O–H groups in total. The van der Waals surface area contributed by atoms with Crippen molar-refractivity contribution in [3.05, 3.63) is 24.3 Å². The van der Waals surface area contributed by atoms with Crippen molar-refractivity contribution in [3.8, 4) is 5.75 Å². The highest BCUT2D eigenvalue weighted by Gasteiger charge is 2.36. The summed E-state index contributed by atoms with van der Waals surface area (Å²) in [5.74, 6) is 1.33. The summed E-state index contributed by atoms with van der Waals surface area (Å²) in [4.78, 5) is 16.9. The van der Waals surface area contributed by atoms with Crippen molar-refractivity contribution >= 4 is 28.9 Å². The minimum atomic E-state index is -0.559. The lowest BCUT2D eigenvalue weighted by Crippen LogP contribution is -2.56. The first-order chi connectivity index (χ1) is 13.6. The van der Waals surface area contributed by atoms with E-state index in [-0.39, 0.29) is 5.91 Å². The number of amides is 1. The van der Waals surface area contributed by atoms with Gasteiger partial charge in [0.05, 0.1) is 25.4 Å². The first-order valence-corrected chi connectivity index (χ1v) is 10.7. The van der Waals surface area contributed by atoms with Crippen LogP contribution in [-0.2, 0) is 9.53 Å². The van der Waals surface area contributed by atoms with Crippen LogP contribution in [0.2, 0.25) is 0 Å². The van der Waals surface area contributed by atoms with Gasteiger partial charge in [0.15, 0.2) is 11.2 Å². The predicted molar refractivity (Wildman–Crippen MR) is 113 cm³/mol. The van der Waals surface area contributed by atoms with Gasteiger partial charge < -0.3 is 24.6 Å². The lowest BCUT2D eigenvalue weighted by molar-refractivity contribution is -0.142. The Hall–Kier alpha value is -1.86. The predicted octanol–water partition coefficient (Wildman–Crippen LogP) is 2.57. The molecule has 1 amide bonds. The number of hydrogen-bond donors (Lipinski definition) is 1. The molecule has 2 heterocycles. The van der Waals surface area contributed by atoms with E-state index in [0.29, 0.717) is 55.7 Å². The molecule has 0 radical (unpaired) electrons. The summed E-state index contributed by atoms with van der Waals surface area (Å²) in [6, 6.07) is 8.21. The van der Waals surface area contributed by atoms with E-state index in [2.05, 4.69) is 12.2 Å². The highest BCUT2D eigenvalue weighted by atomic mass is 32.1. The molecule has 0 bridgehead atoms. The highest BCUT2D eigenvalue weighted by Crippen LogP contribution is 2.34. The second kappa shape index (κ2) is 8.66. The molecule has 3 aliphatic rings. The molecule has 0 aromatic heterocycles. The Morgan fingerprint density at radius 2 is 1.93 bits per heavy atom. The number of hydrogen-bond acceptors (Lipinski definition) is 4. The summed E-state index contributed by atoms with van der Waals surface area (Å²) in [7, 11) is 0. The molecule has 152 valence electrons. The Kier molecular flexibility index (Phi) is 6.01. The summed E-state index contributed by atoms with van der Waals surface area (Å²) in [5.41, 5.74) is 0.925. The molecular formula is C21H29N3O3S. The summed E-state index contributed by atoms with van der Waals surface area (Å²) >= 11 is 5.79. The fourth-order valence-electron chi connectivity index (χ4n) is 4.31. The van der Waals surface area contributed by atoms with Crippen LogP contribution in [0.4, 0.5) is 5.69 Å². The van der Waals surface area contributed by atoms with Crippen molar-refractivity contribution < 1.29 is 14.3 Å². The van der Waals surface area contributed by atoms with Crippen LogP contribution in [0.1, 0.15) is 32.6 Å². The maximum Gasteiger partial charge on any atom is 0.265 e.